The Bertz CT molecular complexity index is 752. The molecule has 0 spiro atoms. The van der Waals surface area contributed by atoms with Gasteiger partial charge in [-0.3, -0.25) is 4.79 Å². The predicted molar refractivity (Wildman–Crippen MR) is 98.8 cm³/mol. The van der Waals surface area contributed by atoms with Gasteiger partial charge in [0.25, 0.3) is 0 Å². The number of hydrogen-bond donors (Lipinski definition) is 0. The maximum absolute atomic E-state index is 13.0. The molecule has 0 amide bonds. The summed E-state index contributed by atoms with van der Waals surface area (Å²) in [6.07, 6.45) is 1.69. The highest BCUT2D eigenvalue weighted by atomic mass is 31.1. The topological polar surface area (TPSA) is 34.1 Å². The van der Waals surface area contributed by atoms with Gasteiger partial charge in [-0.1, -0.05) is 49.7 Å². The molecule has 0 heterocycles. The van der Waals surface area contributed by atoms with E-state index in [1.807, 2.05) is 45.0 Å². The van der Waals surface area contributed by atoms with Crippen LogP contribution in [0.15, 0.2) is 30.3 Å². The molecule has 0 N–H and O–H groups in total. The lowest BCUT2D eigenvalue weighted by Gasteiger charge is -2.14. The van der Waals surface area contributed by atoms with E-state index in [0.717, 1.165) is 40.4 Å². The zero-order valence-corrected chi connectivity index (χ0v) is 15.6. The fraction of sp³-hybridized carbons (Fsp3) is 0.350. The Labute approximate surface area is 139 Å². The average Bonchev–Trinajstić information content (AvgIpc) is 2.52. The molecule has 2 aromatic carbocycles. The van der Waals surface area contributed by atoms with Gasteiger partial charge in [-0.25, -0.2) is 0 Å². The van der Waals surface area contributed by atoms with Crippen molar-refractivity contribution in [2.45, 2.75) is 47.5 Å². The molecular weight excluding hydrogens is 303 g/mol. The van der Waals surface area contributed by atoms with Gasteiger partial charge in [-0.15, -0.1) is 0 Å². The van der Waals surface area contributed by atoms with Crippen molar-refractivity contribution in [1.82, 2.24) is 0 Å². The fourth-order valence-corrected chi connectivity index (χ4v) is 5.10. The van der Waals surface area contributed by atoms with Crippen LogP contribution >= 0.6 is 7.80 Å². The van der Waals surface area contributed by atoms with Crippen molar-refractivity contribution in [1.29, 1.82) is 0 Å². The summed E-state index contributed by atoms with van der Waals surface area (Å²) in [5.74, 6) is 0. The molecule has 3 heteroatoms. The lowest BCUT2D eigenvalue weighted by atomic mass is 10.0. The summed E-state index contributed by atoms with van der Waals surface area (Å²) in [7, 11) is -2.52. The molecule has 23 heavy (non-hydrogen) atoms. The van der Waals surface area contributed by atoms with E-state index in [1.54, 1.807) is 0 Å². The lowest BCUT2D eigenvalue weighted by molar-refractivity contribution is 0.107. The van der Waals surface area contributed by atoms with Gasteiger partial charge in [0.1, 0.15) is 0 Å². The average molecular weight is 328 g/mol. The first kappa shape index (κ1) is 17.7. The molecule has 0 saturated carbocycles. The Morgan fingerprint density at radius 2 is 1.61 bits per heavy atom. The second-order valence-electron chi connectivity index (χ2n) is 6.08. The zero-order valence-electron chi connectivity index (χ0n) is 14.6. The molecule has 0 fully saturated rings. The molecule has 1 atom stereocenters. The number of rotatable bonds is 5. The van der Waals surface area contributed by atoms with Gasteiger partial charge in [-0.05, 0) is 55.9 Å². The van der Waals surface area contributed by atoms with Crippen molar-refractivity contribution in [2.75, 3.05) is 0 Å². The van der Waals surface area contributed by atoms with E-state index < -0.39 is 7.80 Å². The molecule has 1 unspecified atom stereocenters. The SMILES string of the molecule is CCc1cccc([PH](=O)C(=O)c2c(C)cc(C)cc2C)c1CC. The van der Waals surface area contributed by atoms with Gasteiger partial charge in [0.15, 0.2) is 7.80 Å². The lowest BCUT2D eigenvalue weighted by Crippen LogP contribution is -2.13. The van der Waals surface area contributed by atoms with Crippen molar-refractivity contribution in [2.24, 2.45) is 0 Å². The minimum Gasteiger partial charge on any atom is -0.313 e. The van der Waals surface area contributed by atoms with Crippen LogP contribution in [0.5, 0.6) is 0 Å². The van der Waals surface area contributed by atoms with Crippen LogP contribution in [-0.4, -0.2) is 5.52 Å². The van der Waals surface area contributed by atoms with Crippen LogP contribution in [-0.2, 0) is 17.4 Å². The Kier molecular flexibility index (Phi) is 5.59. The standard InChI is InChI=1S/C20H25O2P/c1-6-16-9-8-10-18(17(16)7-2)23(22)20(21)19-14(4)11-13(3)12-15(19)5/h8-12,23H,6-7H2,1-5H3. The number of hydrogen-bond acceptors (Lipinski definition) is 2. The molecule has 2 nitrogen and oxygen atoms in total. The van der Waals surface area contributed by atoms with E-state index in [4.69, 9.17) is 0 Å². The first-order valence-corrected chi connectivity index (χ1v) is 9.59. The molecule has 2 aromatic rings. The maximum Gasteiger partial charge on any atom is 0.223 e. The van der Waals surface area contributed by atoms with Crippen molar-refractivity contribution in [3.63, 3.8) is 0 Å². The summed E-state index contributed by atoms with van der Waals surface area (Å²) in [5.41, 5.74) is 5.63. The third-order valence-electron chi connectivity index (χ3n) is 4.36. The fourth-order valence-electron chi connectivity index (χ4n) is 3.37. The second-order valence-corrected chi connectivity index (χ2v) is 7.73. The number of aryl methyl sites for hydroxylation is 4. The Hall–Kier alpha value is -1.66. The molecule has 2 rings (SSSR count). The second kappa shape index (κ2) is 7.27. The van der Waals surface area contributed by atoms with Gasteiger partial charge in [0, 0.05) is 10.9 Å². The van der Waals surface area contributed by atoms with Gasteiger partial charge in [0.2, 0.25) is 5.52 Å². The summed E-state index contributed by atoms with van der Waals surface area (Å²) in [4.78, 5) is 12.9. The van der Waals surface area contributed by atoms with E-state index in [1.165, 1.54) is 5.56 Å². The highest BCUT2D eigenvalue weighted by Crippen LogP contribution is 2.32. The van der Waals surface area contributed by atoms with Crippen LogP contribution in [0, 0.1) is 20.8 Å². The molecule has 0 saturated heterocycles. The van der Waals surface area contributed by atoms with E-state index in [2.05, 4.69) is 19.9 Å². The summed E-state index contributed by atoms with van der Waals surface area (Å²) < 4.78 is 13.0. The van der Waals surface area contributed by atoms with E-state index in [0.29, 0.717) is 5.56 Å². The summed E-state index contributed by atoms with van der Waals surface area (Å²) in [6.45, 7) is 10.00. The van der Waals surface area contributed by atoms with Crippen molar-refractivity contribution in [3.8, 4) is 0 Å². The van der Waals surface area contributed by atoms with Gasteiger partial charge in [0.05, 0.1) is 0 Å². The van der Waals surface area contributed by atoms with Crippen LogP contribution in [0.4, 0.5) is 0 Å². The van der Waals surface area contributed by atoms with Crippen LogP contribution < -0.4 is 5.30 Å². The van der Waals surface area contributed by atoms with Crippen LogP contribution in [0.25, 0.3) is 0 Å². The van der Waals surface area contributed by atoms with Gasteiger partial charge < -0.3 is 4.57 Å². The molecule has 0 aromatic heterocycles. The molecule has 0 bridgehead atoms. The molecular formula is C20H25O2P. The number of benzene rings is 2. The minimum atomic E-state index is -2.52. The van der Waals surface area contributed by atoms with E-state index >= 15 is 0 Å². The highest BCUT2D eigenvalue weighted by molar-refractivity contribution is 7.71. The Morgan fingerprint density at radius 1 is 1.00 bits per heavy atom. The Balaban J connectivity index is 2.52. The Morgan fingerprint density at radius 3 is 2.13 bits per heavy atom. The molecule has 0 aliphatic rings. The quantitative estimate of drug-likeness (QED) is 0.741. The van der Waals surface area contributed by atoms with Gasteiger partial charge >= 0.3 is 0 Å². The first-order valence-electron chi connectivity index (χ1n) is 8.18. The maximum atomic E-state index is 13.0. The zero-order chi connectivity index (χ0) is 17.1. The van der Waals surface area contributed by atoms with Crippen LogP contribution in [0.3, 0.4) is 0 Å². The van der Waals surface area contributed by atoms with Crippen molar-refractivity contribution in [3.05, 3.63) is 63.7 Å². The molecule has 0 radical (unpaired) electrons. The summed E-state index contributed by atoms with van der Waals surface area (Å²) >= 11 is 0. The predicted octanol–water partition coefficient (Wildman–Crippen LogP) is 4.76. The summed E-state index contributed by atoms with van der Waals surface area (Å²) in [6, 6.07) is 9.80. The molecule has 0 aliphatic carbocycles. The third kappa shape index (κ3) is 3.48. The largest absolute Gasteiger partial charge is 0.313 e. The first-order chi connectivity index (χ1) is 10.9. The summed E-state index contributed by atoms with van der Waals surface area (Å²) in [5, 5.41) is 0.737. The van der Waals surface area contributed by atoms with E-state index in [9.17, 15) is 9.36 Å². The molecule has 0 aliphatic heterocycles. The number of carbonyl (C=O) groups excluding carboxylic acids is 1. The van der Waals surface area contributed by atoms with E-state index in [-0.39, 0.29) is 5.52 Å². The minimum absolute atomic E-state index is 0.215. The monoisotopic (exact) mass is 328 g/mol. The van der Waals surface area contributed by atoms with Crippen molar-refractivity contribution < 1.29 is 9.36 Å². The highest BCUT2D eigenvalue weighted by Gasteiger charge is 2.22. The van der Waals surface area contributed by atoms with Crippen molar-refractivity contribution >= 4 is 18.6 Å². The molecule has 122 valence electrons. The smallest absolute Gasteiger partial charge is 0.223 e. The van der Waals surface area contributed by atoms with Crippen LogP contribution in [0.1, 0.15) is 52.0 Å². The number of carbonyl (C=O) groups is 1. The van der Waals surface area contributed by atoms with Gasteiger partial charge in [-0.2, -0.15) is 0 Å². The normalized spacial score (nSPS) is 12.2. The third-order valence-corrected chi connectivity index (χ3v) is 5.98. The van der Waals surface area contributed by atoms with Crippen LogP contribution in [0.2, 0.25) is 0 Å².